The van der Waals surface area contributed by atoms with E-state index >= 15 is 0 Å². The fourth-order valence-corrected chi connectivity index (χ4v) is 2.80. The van der Waals surface area contributed by atoms with Crippen molar-refractivity contribution in [3.05, 3.63) is 45.9 Å². The number of hydrogen-bond acceptors (Lipinski definition) is 5. The number of H-pyrrole nitrogens is 1. The number of hydrogen-bond donors (Lipinski definition) is 1. The van der Waals surface area contributed by atoms with E-state index in [1.54, 1.807) is 32.4 Å². The molecule has 7 nitrogen and oxygen atoms in total. The number of methoxy groups -OCH3 is 2. The van der Waals surface area contributed by atoms with Gasteiger partial charge in [-0.2, -0.15) is 5.26 Å². The Balaban J connectivity index is 2.41. The van der Waals surface area contributed by atoms with Crippen molar-refractivity contribution in [2.45, 2.75) is 19.8 Å². The topological polar surface area (TPSA) is 92.4 Å². The zero-order chi connectivity index (χ0) is 18.1. The largest absolute Gasteiger partial charge is 0.497 e. The molecular formula is C18H18N4O3. The number of nitriles is 1. The Morgan fingerprint density at radius 2 is 1.84 bits per heavy atom. The summed E-state index contributed by atoms with van der Waals surface area (Å²) in [6.07, 6.45) is 1.48. The maximum Gasteiger partial charge on any atom is 0.276 e. The van der Waals surface area contributed by atoms with E-state index in [0.717, 1.165) is 0 Å². The van der Waals surface area contributed by atoms with Crippen molar-refractivity contribution >= 4 is 5.65 Å². The predicted molar refractivity (Wildman–Crippen MR) is 93.2 cm³/mol. The van der Waals surface area contributed by atoms with E-state index in [0.29, 0.717) is 39.5 Å². The highest BCUT2D eigenvalue weighted by Gasteiger charge is 2.20. The van der Waals surface area contributed by atoms with Gasteiger partial charge in [-0.25, -0.2) is 9.50 Å². The summed E-state index contributed by atoms with van der Waals surface area (Å²) in [5.74, 6) is 1.14. The Morgan fingerprint density at radius 3 is 2.36 bits per heavy atom. The average Bonchev–Trinajstić information content (AvgIpc) is 3.04. The van der Waals surface area contributed by atoms with Gasteiger partial charge >= 0.3 is 0 Å². The lowest BCUT2D eigenvalue weighted by atomic mass is 9.98. The van der Waals surface area contributed by atoms with E-state index in [2.05, 4.69) is 10.1 Å². The third-order valence-electron chi connectivity index (χ3n) is 4.02. The Kier molecular flexibility index (Phi) is 4.19. The summed E-state index contributed by atoms with van der Waals surface area (Å²) in [6.45, 7) is 3.86. The maximum absolute atomic E-state index is 12.9. The quantitative estimate of drug-likeness (QED) is 0.789. The molecule has 0 unspecified atom stereocenters. The molecule has 0 saturated heterocycles. The summed E-state index contributed by atoms with van der Waals surface area (Å²) in [5, 5.41) is 12.1. The molecule has 0 atom stereocenters. The fraction of sp³-hybridized carbons (Fsp3) is 0.278. The highest BCUT2D eigenvalue weighted by atomic mass is 16.5. The molecule has 3 rings (SSSR count). The molecule has 0 fully saturated rings. The molecule has 2 aromatic heterocycles. The number of aromatic nitrogens is 3. The van der Waals surface area contributed by atoms with Crippen molar-refractivity contribution in [3.8, 4) is 28.8 Å². The molecule has 0 radical (unpaired) electrons. The molecular weight excluding hydrogens is 320 g/mol. The molecule has 1 N–H and O–H groups in total. The van der Waals surface area contributed by atoms with Gasteiger partial charge in [-0.3, -0.25) is 9.89 Å². The molecule has 0 aliphatic carbocycles. The summed E-state index contributed by atoms with van der Waals surface area (Å²) in [7, 11) is 3.13. The second kappa shape index (κ2) is 6.32. The van der Waals surface area contributed by atoms with E-state index in [4.69, 9.17) is 9.47 Å². The van der Waals surface area contributed by atoms with Gasteiger partial charge in [0.05, 0.1) is 19.9 Å². The molecule has 25 heavy (non-hydrogen) atoms. The lowest BCUT2D eigenvalue weighted by molar-refractivity contribution is 0.394. The van der Waals surface area contributed by atoms with Gasteiger partial charge in [0.2, 0.25) is 0 Å². The van der Waals surface area contributed by atoms with Crippen LogP contribution >= 0.6 is 0 Å². The minimum Gasteiger partial charge on any atom is -0.497 e. The molecule has 0 bridgehead atoms. The number of nitrogens with zero attached hydrogens (tertiary/aromatic N) is 3. The number of rotatable bonds is 4. The summed E-state index contributed by atoms with van der Waals surface area (Å²) >= 11 is 0. The van der Waals surface area contributed by atoms with Gasteiger partial charge in [-0.15, -0.1) is 0 Å². The van der Waals surface area contributed by atoms with Gasteiger partial charge < -0.3 is 9.47 Å². The predicted octanol–water partition coefficient (Wildman–Crippen LogP) is 2.70. The van der Waals surface area contributed by atoms with Crippen molar-refractivity contribution in [1.29, 1.82) is 5.26 Å². The van der Waals surface area contributed by atoms with Crippen molar-refractivity contribution < 1.29 is 9.47 Å². The molecule has 0 amide bonds. The van der Waals surface area contributed by atoms with Crippen LogP contribution in [0.3, 0.4) is 0 Å². The first-order valence-electron chi connectivity index (χ1n) is 7.77. The molecule has 0 spiro atoms. The number of aromatic amines is 1. The van der Waals surface area contributed by atoms with Gasteiger partial charge in [0.15, 0.2) is 5.65 Å². The highest BCUT2D eigenvalue weighted by Crippen LogP contribution is 2.32. The monoisotopic (exact) mass is 338 g/mol. The van der Waals surface area contributed by atoms with E-state index in [9.17, 15) is 10.1 Å². The number of benzene rings is 1. The standard InChI is InChI=1S/C18H18N4O3/c1-10(2)15-16(11-5-13(24-3)7-14(6-11)25-4)21-17-12(8-19)9-20-22(17)18(15)23/h5-7,9-10,20H,1-4H3. The van der Waals surface area contributed by atoms with Crippen molar-refractivity contribution in [1.82, 2.24) is 14.6 Å². The first-order valence-corrected chi connectivity index (χ1v) is 7.77. The van der Waals surface area contributed by atoms with Crippen LogP contribution in [-0.2, 0) is 0 Å². The second-order valence-electron chi connectivity index (χ2n) is 5.89. The van der Waals surface area contributed by atoms with Crippen LogP contribution in [0.25, 0.3) is 16.9 Å². The molecule has 7 heteroatoms. The number of fused-ring (bicyclic) bond motifs is 1. The third-order valence-corrected chi connectivity index (χ3v) is 4.02. The normalized spacial score (nSPS) is 10.9. The van der Waals surface area contributed by atoms with Crippen LogP contribution in [0.4, 0.5) is 0 Å². The first-order chi connectivity index (χ1) is 12.0. The molecule has 0 aliphatic heterocycles. The van der Waals surface area contributed by atoms with Gasteiger partial charge in [0.1, 0.15) is 23.1 Å². The minimum absolute atomic E-state index is 0.0575. The highest BCUT2D eigenvalue weighted by molar-refractivity contribution is 5.70. The van der Waals surface area contributed by atoms with Crippen LogP contribution in [0.2, 0.25) is 0 Å². The molecule has 128 valence electrons. The average molecular weight is 338 g/mol. The molecule has 1 aromatic carbocycles. The molecule has 0 aliphatic rings. The van der Waals surface area contributed by atoms with Crippen LogP contribution in [0.15, 0.2) is 29.2 Å². The number of nitrogens with one attached hydrogen (secondary N) is 1. The minimum atomic E-state index is -0.224. The van der Waals surface area contributed by atoms with E-state index in [1.807, 2.05) is 19.9 Å². The Bertz CT molecular complexity index is 1020. The van der Waals surface area contributed by atoms with Crippen molar-refractivity contribution in [2.24, 2.45) is 0 Å². The Labute approximate surface area is 144 Å². The fourth-order valence-electron chi connectivity index (χ4n) is 2.80. The van der Waals surface area contributed by atoms with E-state index in [1.165, 1.54) is 10.7 Å². The van der Waals surface area contributed by atoms with Crippen molar-refractivity contribution in [3.63, 3.8) is 0 Å². The third kappa shape index (κ3) is 2.72. The van der Waals surface area contributed by atoms with Gasteiger partial charge in [-0.1, -0.05) is 13.8 Å². The van der Waals surface area contributed by atoms with Gasteiger partial charge in [0.25, 0.3) is 5.56 Å². The van der Waals surface area contributed by atoms with E-state index < -0.39 is 0 Å². The van der Waals surface area contributed by atoms with Crippen LogP contribution in [0, 0.1) is 11.3 Å². The smallest absolute Gasteiger partial charge is 0.276 e. The van der Waals surface area contributed by atoms with E-state index in [-0.39, 0.29) is 11.5 Å². The van der Waals surface area contributed by atoms with Gasteiger partial charge in [0, 0.05) is 23.4 Å². The summed E-state index contributed by atoms with van der Waals surface area (Å²) in [5.41, 5.74) is 2.16. The molecule has 0 saturated carbocycles. The molecule has 3 aromatic rings. The van der Waals surface area contributed by atoms with Crippen LogP contribution in [0.1, 0.15) is 30.9 Å². The Hall–Kier alpha value is -3.27. The lowest BCUT2D eigenvalue weighted by Crippen LogP contribution is -2.22. The Morgan fingerprint density at radius 1 is 1.20 bits per heavy atom. The second-order valence-corrected chi connectivity index (χ2v) is 5.89. The summed E-state index contributed by atoms with van der Waals surface area (Å²) in [6, 6.07) is 7.39. The van der Waals surface area contributed by atoms with Crippen molar-refractivity contribution in [2.75, 3.05) is 14.2 Å². The zero-order valence-electron chi connectivity index (χ0n) is 14.5. The summed E-state index contributed by atoms with van der Waals surface area (Å²) < 4.78 is 11.9. The maximum atomic E-state index is 12.9. The van der Waals surface area contributed by atoms with Crippen LogP contribution < -0.4 is 15.0 Å². The summed E-state index contributed by atoms with van der Waals surface area (Å²) in [4.78, 5) is 17.5. The zero-order valence-corrected chi connectivity index (χ0v) is 14.5. The molecule has 2 heterocycles. The van der Waals surface area contributed by atoms with Crippen LogP contribution in [-0.4, -0.2) is 28.8 Å². The van der Waals surface area contributed by atoms with Gasteiger partial charge in [-0.05, 0) is 18.1 Å². The first kappa shape index (κ1) is 16.6. The number of ether oxygens (including phenoxy) is 2. The lowest BCUT2D eigenvalue weighted by Gasteiger charge is -2.14. The SMILES string of the molecule is COc1cc(OC)cc(-c2nc3c(C#N)c[nH]n3c(=O)c2C(C)C)c1. The van der Waals surface area contributed by atoms with Crippen LogP contribution in [0.5, 0.6) is 11.5 Å².